The van der Waals surface area contributed by atoms with Gasteiger partial charge in [0.1, 0.15) is 0 Å². The monoisotopic (exact) mass is 336 g/mol. The molecule has 0 saturated heterocycles. The maximum atomic E-state index is 12.8. The second kappa shape index (κ2) is 6.47. The standard InChI is InChI=1S/C19H20N4O2/c1-11(2)23-18-17(10-20-23)16(8-12(3)21-18)19(25)22-15-7-5-6-14(9-15)13(4)24/h5-11H,1-4H3,(H,22,25). The molecular weight excluding hydrogens is 316 g/mol. The van der Waals surface area contributed by atoms with Crippen molar-refractivity contribution in [2.75, 3.05) is 5.32 Å². The number of hydrogen-bond donors (Lipinski definition) is 1. The normalized spacial score (nSPS) is 11.1. The Hall–Kier alpha value is -3.02. The molecule has 3 rings (SSSR count). The van der Waals surface area contributed by atoms with Crippen molar-refractivity contribution < 1.29 is 9.59 Å². The fourth-order valence-corrected chi connectivity index (χ4v) is 2.72. The van der Waals surface area contributed by atoms with E-state index >= 15 is 0 Å². The molecule has 0 atom stereocenters. The minimum atomic E-state index is -0.250. The van der Waals surface area contributed by atoms with Crippen LogP contribution in [0.4, 0.5) is 5.69 Å². The van der Waals surface area contributed by atoms with Crippen molar-refractivity contribution in [3.05, 3.63) is 53.3 Å². The van der Waals surface area contributed by atoms with Gasteiger partial charge in [0, 0.05) is 23.0 Å². The van der Waals surface area contributed by atoms with E-state index in [0.717, 1.165) is 5.69 Å². The first-order valence-corrected chi connectivity index (χ1v) is 8.14. The summed E-state index contributed by atoms with van der Waals surface area (Å²) in [7, 11) is 0. The van der Waals surface area contributed by atoms with Crippen molar-refractivity contribution in [3.8, 4) is 0 Å². The predicted octanol–water partition coefficient (Wildman–Crippen LogP) is 3.78. The molecule has 3 aromatic rings. The van der Waals surface area contributed by atoms with Crippen LogP contribution in [0.15, 0.2) is 36.5 Å². The molecule has 0 bridgehead atoms. The summed E-state index contributed by atoms with van der Waals surface area (Å²) >= 11 is 0. The molecule has 1 aromatic carbocycles. The summed E-state index contributed by atoms with van der Waals surface area (Å²) in [6, 6.07) is 8.79. The molecule has 6 nitrogen and oxygen atoms in total. The van der Waals surface area contributed by atoms with Crippen molar-refractivity contribution in [1.82, 2.24) is 14.8 Å². The van der Waals surface area contributed by atoms with Gasteiger partial charge in [0.2, 0.25) is 0 Å². The van der Waals surface area contributed by atoms with E-state index in [4.69, 9.17) is 0 Å². The second-order valence-electron chi connectivity index (χ2n) is 6.32. The summed E-state index contributed by atoms with van der Waals surface area (Å²) in [4.78, 5) is 28.8. The number of anilines is 1. The lowest BCUT2D eigenvalue weighted by molar-refractivity contribution is 0.101. The Bertz CT molecular complexity index is 973. The zero-order chi connectivity index (χ0) is 18.1. The largest absolute Gasteiger partial charge is 0.322 e. The number of benzene rings is 1. The molecule has 0 fully saturated rings. The maximum absolute atomic E-state index is 12.8. The molecule has 0 unspecified atom stereocenters. The van der Waals surface area contributed by atoms with Crippen LogP contribution in [0.25, 0.3) is 11.0 Å². The number of ketones is 1. The lowest BCUT2D eigenvalue weighted by atomic mass is 10.1. The number of carbonyl (C=O) groups is 2. The Morgan fingerprint density at radius 3 is 2.64 bits per heavy atom. The van der Waals surface area contributed by atoms with E-state index < -0.39 is 0 Å². The number of nitrogens with zero attached hydrogens (tertiary/aromatic N) is 3. The number of rotatable bonds is 4. The summed E-state index contributed by atoms with van der Waals surface area (Å²) in [6.07, 6.45) is 1.67. The van der Waals surface area contributed by atoms with Gasteiger partial charge in [-0.3, -0.25) is 9.59 Å². The molecule has 0 aliphatic carbocycles. The number of aryl methyl sites for hydroxylation is 1. The fourth-order valence-electron chi connectivity index (χ4n) is 2.72. The molecule has 0 spiro atoms. The van der Waals surface area contributed by atoms with Gasteiger partial charge < -0.3 is 5.32 Å². The minimum Gasteiger partial charge on any atom is -0.322 e. The van der Waals surface area contributed by atoms with E-state index in [1.807, 2.05) is 20.8 Å². The van der Waals surface area contributed by atoms with Crippen LogP contribution in [-0.4, -0.2) is 26.5 Å². The Morgan fingerprint density at radius 1 is 1.20 bits per heavy atom. The highest BCUT2D eigenvalue weighted by Crippen LogP contribution is 2.22. The number of aromatic nitrogens is 3. The molecule has 0 radical (unpaired) electrons. The van der Waals surface area contributed by atoms with Crippen molar-refractivity contribution in [2.45, 2.75) is 33.7 Å². The van der Waals surface area contributed by atoms with E-state index in [0.29, 0.717) is 27.8 Å². The molecule has 128 valence electrons. The zero-order valence-corrected chi connectivity index (χ0v) is 14.7. The summed E-state index contributed by atoms with van der Waals surface area (Å²) in [5.74, 6) is -0.295. The number of fused-ring (bicyclic) bond motifs is 1. The summed E-state index contributed by atoms with van der Waals surface area (Å²) in [5.41, 5.74) is 3.09. The van der Waals surface area contributed by atoms with Gasteiger partial charge in [-0.15, -0.1) is 0 Å². The Kier molecular flexibility index (Phi) is 4.35. The Morgan fingerprint density at radius 2 is 1.96 bits per heavy atom. The quantitative estimate of drug-likeness (QED) is 0.736. The summed E-state index contributed by atoms with van der Waals surface area (Å²) in [5, 5.41) is 7.92. The molecule has 1 amide bonds. The first-order chi connectivity index (χ1) is 11.9. The number of pyridine rings is 1. The van der Waals surface area contributed by atoms with E-state index in [1.165, 1.54) is 6.92 Å². The summed E-state index contributed by atoms with van der Waals surface area (Å²) in [6.45, 7) is 7.38. The van der Waals surface area contributed by atoms with Crippen LogP contribution in [0.2, 0.25) is 0 Å². The molecule has 0 aliphatic heterocycles. The first-order valence-electron chi connectivity index (χ1n) is 8.14. The molecule has 2 heterocycles. The number of amides is 1. The third-order valence-electron chi connectivity index (χ3n) is 3.96. The van der Waals surface area contributed by atoms with Gasteiger partial charge >= 0.3 is 0 Å². The van der Waals surface area contributed by atoms with Crippen LogP contribution in [0, 0.1) is 6.92 Å². The van der Waals surface area contributed by atoms with Crippen molar-refractivity contribution in [3.63, 3.8) is 0 Å². The third-order valence-corrected chi connectivity index (χ3v) is 3.96. The van der Waals surface area contributed by atoms with Gasteiger partial charge in [-0.1, -0.05) is 12.1 Å². The van der Waals surface area contributed by atoms with Gasteiger partial charge in [-0.05, 0) is 45.9 Å². The maximum Gasteiger partial charge on any atom is 0.256 e. The van der Waals surface area contributed by atoms with Crippen LogP contribution in [0.3, 0.4) is 0 Å². The highest BCUT2D eigenvalue weighted by molar-refractivity contribution is 6.12. The van der Waals surface area contributed by atoms with Crippen LogP contribution in [0.1, 0.15) is 53.2 Å². The third kappa shape index (κ3) is 3.28. The molecule has 25 heavy (non-hydrogen) atoms. The van der Waals surface area contributed by atoms with Gasteiger partial charge in [0.25, 0.3) is 5.91 Å². The van der Waals surface area contributed by atoms with Gasteiger partial charge in [0.05, 0.1) is 17.1 Å². The van der Waals surface area contributed by atoms with Crippen molar-refractivity contribution >= 4 is 28.4 Å². The van der Waals surface area contributed by atoms with E-state index in [1.54, 1.807) is 41.2 Å². The summed E-state index contributed by atoms with van der Waals surface area (Å²) < 4.78 is 1.80. The lowest BCUT2D eigenvalue weighted by Crippen LogP contribution is -2.14. The van der Waals surface area contributed by atoms with Crippen LogP contribution in [0.5, 0.6) is 0 Å². The van der Waals surface area contributed by atoms with E-state index in [9.17, 15) is 9.59 Å². The van der Waals surface area contributed by atoms with E-state index in [-0.39, 0.29) is 17.7 Å². The average Bonchev–Trinajstić information content (AvgIpc) is 2.98. The molecular formula is C19H20N4O2. The smallest absolute Gasteiger partial charge is 0.256 e. The molecule has 0 saturated carbocycles. The molecule has 0 aliphatic rings. The van der Waals surface area contributed by atoms with Crippen LogP contribution >= 0.6 is 0 Å². The number of carbonyl (C=O) groups excluding carboxylic acids is 2. The number of Topliss-reactive ketones (excluding diaryl/α,β-unsaturated/α-hetero) is 1. The topological polar surface area (TPSA) is 76.9 Å². The second-order valence-corrected chi connectivity index (χ2v) is 6.32. The van der Waals surface area contributed by atoms with Gasteiger partial charge in [0.15, 0.2) is 11.4 Å². The number of hydrogen-bond acceptors (Lipinski definition) is 4. The van der Waals surface area contributed by atoms with Gasteiger partial charge in [-0.2, -0.15) is 5.10 Å². The predicted molar refractivity (Wildman–Crippen MR) is 97.0 cm³/mol. The van der Waals surface area contributed by atoms with Gasteiger partial charge in [-0.25, -0.2) is 9.67 Å². The zero-order valence-electron chi connectivity index (χ0n) is 14.7. The number of nitrogens with one attached hydrogen (secondary N) is 1. The van der Waals surface area contributed by atoms with Crippen LogP contribution < -0.4 is 5.32 Å². The Balaban J connectivity index is 2.00. The van der Waals surface area contributed by atoms with Crippen LogP contribution in [-0.2, 0) is 0 Å². The van der Waals surface area contributed by atoms with E-state index in [2.05, 4.69) is 15.4 Å². The molecule has 1 N–H and O–H groups in total. The SMILES string of the molecule is CC(=O)c1cccc(NC(=O)c2cc(C)nc3c2cnn3C(C)C)c1. The molecule has 6 heteroatoms. The lowest BCUT2D eigenvalue weighted by Gasteiger charge is -2.10. The fraction of sp³-hybridized carbons (Fsp3) is 0.263. The first kappa shape index (κ1) is 16.8. The minimum absolute atomic E-state index is 0.0449. The average molecular weight is 336 g/mol. The van der Waals surface area contributed by atoms with Crippen molar-refractivity contribution in [1.29, 1.82) is 0 Å². The Labute approximate surface area is 145 Å². The molecule has 2 aromatic heterocycles. The van der Waals surface area contributed by atoms with Crippen molar-refractivity contribution in [2.24, 2.45) is 0 Å². The highest BCUT2D eigenvalue weighted by atomic mass is 16.1. The highest BCUT2D eigenvalue weighted by Gasteiger charge is 2.17.